The van der Waals surface area contributed by atoms with Crippen molar-refractivity contribution in [2.45, 2.75) is 57.1 Å². The highest BCUT2D eigenvalue weighted by Gasteiger charge is 2.18. The number of hydrogen-bond donors (Lipinski definition) is 1. The third-order valence-electron chi connectivity index (χ3n) is 4.38. The van der Waals surface area contributed by atoms with Gasteiger partial charge in [0, 0.05) is 19.7 Å². The molecule has 1 aliphatic carbocycles. The first kappa shape index (κ1) is 15.5. The van der Waals surface area contributed by atoms with Crippen molar-refractivity contribution >= 4 is 0 Å². The van der Waals surface area contributed by atoms with E-state index in [1.165, 1.54) is 31.7 Å². The Kier molecular flexibility index (Phi) is 5.99. The lowest BCUT2D eigenvalue weighted by Crippen LogP contribution is -2.31. The van der Waals surface area contributed by atoms with Crippen LogP contribution in [0.3, 0.4) is 0 Å². The quantitative estimate of drug-likeness (QED) is 0.826. The second-order valence-corrected chi connectivity index (χ2v) is 5.93. The van der Waals surface area contributed by atoms with Gasteiger partial charge in [-0.2, -0.15) is 0 Å². The van der Waals surface area contributed by atoms with Crippen LogP contribution in [0.25, 0.3) is 0 Å². The summed E-state index contributed by atoms with van der Waals surface area (Å²) in [6, 6.07) is 7.51. The molecule has 2 rings (SSSR count). The van der Waals surface area contributed by atoms with Crippen LogP contribution in [0.4, 0.5) is 4.39 Å². The van der Waals surface area contributed by atoms with Gasteiger partial charge in [-0.05, 0) is 55.7 Å². The minimum absolute atomic E-state index is 0.147. The molecule has 1 N–H and O–H groups in total. The topological polar surface area (TPSA) is 21.3 Å². The smallest absolute Gasteiger partial charge is 0.123 e. The minimum atomic E-state index is -0.147. The highest BCUT2D eigenvalue weighted by molar-refractivity contribution is 5.20. The van der Waals surface area contributed by atoms with Gasteiger partial charge in [-0.15, -0.1) is 0 Å². The van der Waals surface area contributed by atoms with Gasteiger partial charge < -0.3 is 10.1 Å². The third-order valence-corrected chi connectivity index (χ3v) is 4.38. The SMILES string of the molecule is COC1CCCC(NCC(C)c2cccc(F)c2)CC1. The zero-order valence-electron chi connectivity index (χ0n) is 12.6. The van der Waals surface area contributed by atoms with Crippen LogP contribution in [0.2, 0.25) is 0 Å². The summed E-state index contributed by atoms with van der Waals surface area (Å²) in [6.45, 7) is 3.06. The van der Waals surface area contributed by atoms with Crippen molar-refractivity contribution in [3.05, 3.63) is 35.6 Å². The van der Waals surface area contributed by atoms with E-state index in [0.29, 0.717) is 18.1 Å². The van der Waals surface area contributed by atoms with E-state index in [4.69, 9.17) is 4.74 Å². The van der Waals surface area contributed by atoms with Crippen molar-refractivity contribution < 1.29 is 9.13 Å². The fraction of sp³-hybridized carbons (Fsp3) is 0.647. The van der Waals surface area contributed by atoms with Gasteiger partial charge in [0.1, 0.15) is 5.82 Å². The normalized spacial score (nSPS) is 25.1. The molecule has 3 unspecified atom stereocenters. The maximum Gasteiger partial charge on any atom is 0.123 e. The Morgan fingerprint density at radius 2 is 2.15 bits per heavy atom. The number of benzene rings is 1. The first-order valence-electron chi connectivity index (χ1n) is 7.70. The van der Waals surface area contributed by atoms with E-state index in [1.807, 2.05) is 13.2 Å². The molecule has 0 aromatic heterocycles. The van der Waals surface area contributed by atoms with Crippen molar-refractivity contribution in [2.75, 3.05) is 13.7 Å². The maximum absolute atomic E-state index is 13.2. The molecule has 112 valence electrons. The lowest BCUT2D eigenvalue weighted by Gasteiger charge is -2.20. The average molecular weight is 279 g/mol. The molecular weight excluding hydrogens is 253 g/mol. The molecule has 3 atom stereocenters. The molecule has 0 radical (unpaired) electrons. The number of methoxy groups -OCH3 is 1. The Morgan fingerprint density at radius 3 is 2.90 bits per heavy atom. The van der Waals surface area contributed by atoms with Crippen molar-refractivity contribution in [1.82, 2.24) is 5.32 Å². The van der Waals surface area contributed by atoms with E-state index in [-0.39, 0.29) is 5.82 Å². The standard InChI is InChI=1S/C17H26FNO/c1-13(14-5-3-6-15(18)11-14)12-19-16-7-4-8-17(20-2)10-9-16/h3,5-6,11,13,16-17,19H,4,7-10,12H2,1-2H3. The molecule has 0 bridgehead atoms. The van der Waals surface area contributed by atoms with Crippen molar-refractivity contribution in [1.29, 1.82) is 0 Å². The molecule has 3 heteroatoms. The molecule has 0 aliphatic heterocycles. The van der Waals surface area contributed by atoms with Crippen LogP contribution < -0.4 is 5.32 Å². The maximum atomic E-state index is 13.2. The summed E-state index contributed by atoms with van der Waals surface area (Å²) in [4.78, 5) is 0. The summed E-state index contributed by atoms with van der Waals surface area (Å²) in [7, 11) is 1.81. The van der Waals surface area contributed by atoms with Gasteiger partial charge in [0.2, 0.25) is 0 Å². The summed E-state index contributed by atoms with van der Waals surface area (Å²) in [5.74, 6) is 0.193. The fourth-order valence-electron chi connectivity index (χ4n) is 2.98. The lowest BCUT2D eigenvalue weighted by molar-refractivity contribution is 0.0894. The van der Waals surface area contributed by atoms with Gasteiger partial charge in [0.15, 0.2) is 0 Å². The summed E-state index contributed by atoms with van der Waals surface area (Å²) < 4.78 is 18.7. The Labute approximate surface area is 121 Å². The molecule has 1 aliphatic rings. The predicted molar refractivity (Wildman–Crippen MR) is 80.5 cm³/mol. The van der Waals surface area contributed by atoms with Crippen LogP contribution in [0.5, 0.6) is 0 Å². The highest BCUT2D eigenvalue weighted by Crippen LogP contribution is 2.21. The number of rotatable bonds is 5. The van der Waals surface area contributed by atoms with Crippen LogP contribution in [0.1, 0.15) is 50.5 Å². The number of halogens is 1. The van der Waals surface area contributed by atoms with E-state index < -0.39 is 0 Å². The van der Waals surface area contributed by atoms with Crippen LogP contribution in [-0.2, 0) is 4.74 Å². The molecule has 1 saturated carbocycles. The highest BCUT2D eigenvalue weighted by atomic mass is 19.1. The number of ether oxygens (including phenoxy) is 1. The second-order valence-electron chi connectivity index (χ2n) is 5.93. The van der Waals surface area contributed by atoms with E-state index in [2.05, 4.69) is 12.2 Å². The number of hydrogen-bond acceptors (Lipinski definition) is 2. The van der Waals surface area contributed by atoms with Crippen molar-refractivity contribution in [3.8, 4) is 0 Å². The van der Waals surface area contributed by atoms with Crippen molar-refractivity contribution in [2.24, 2.45) is 0 Å². The molecule has 20 heavy (non-hydrogen) atoms. The summed E-state index contributed by atoms with van der Waals surface area (Å²) >= 11 is 0. The third kappa shape index (κ3) is 4.57. The molecule has 1 fully saturated rings. The summed E-state index contributed by atoms with van der Waals surface area (Å²) in [6.07, 6.45) is 6.37. The Morgan fingerprint density at radius 1 is 1.30 bits per heavy atom. The lowest BCUT2D eigenvalue weighted by atomic mass is 10.00. The minimum Gasteiger partial charge on any atom is -0.381 e. The average Bonchev–Trinajstić information content (AvgIpc) is 2.69. The molecule has 0 amide bonds. The molecule has 1 aromatic rings. The zero-order valence-corrected chi connectivity index (χ0v) is 12.6. The zero-order chi connectivity index (χ0) is 14.4. The molecule has 0 heterocycles. The Bertz CT molecular complexity index is 410. The molecule has 0 spiro atoms. The van der Waals surface area contributed by atoms with Gasteiger partial charge in [0.25, 0.3) is 0 Å². The molecule has 2 nitrogen and oxygen atoms in total. The molecular formula is C17H26FNO. The predicted octanol–water partition coefficient (Wildman–Crippen LogP) is 3.87. The first-order chi connectivity index (χ1) is 9.69. The van der Waals surface area contributed by atoms with Gasteiger partial charge >= 0.3 is 0 Å². The van der Waals surface area contributed by atoms with E-state index in [9.17, 15) is 4.39 Å². The summed E-state index contributed by atoms with van der Waals surface area (Å²) in [5, 5.41) is 3.65. The van der Waals surface area contributed by atoms with E-state index in [0.717, 1.165) is 18.5 Å². The Hall–Kier alpha value is -0.930. The first-order valence-corrected chi connectivity index (χ1v) is 7.70. The van der Waals surface area contributed by atoms with Crippen molar-refractivity contribution in [3.63, 3.8) is 0 Å². The van der Waals surface area contributed by atoms with Gasteiger partial charge in [-0.3, -0.25) is 0 Å². The van der Waals surface area contributed by atoms with Gasteiger partial charge in [-0.1, -0.05) is 19.1 Å². The van der Waals surface area contributed by atoms with E-state index in [1.54, 1.807) is 12.1 Å². The van der Waals surface area contributed by atoms with Crippen LogP contribution >= 0.6 is 0 Å². The van der Waals surface area contributed by atoms with Crippen LogP contribution in [0.15, 0.2) is 24.3 Å². The van der Waals surface area contributed by atoms with E-state index >= 15 is 0 Å². The van der Waals surface area contributed by atoms with Gasteiger partial charge in [-0.25, -0.2) is 4.39 Å². The number of nitrogens with one attached hydrogen (secondary N) is 1. The van der Waals surface area contributed by atoms with Gasteiger partial charge in [0.05, 0.1) is 6.10 Å². The second kappa shape index (κ2) is 7.75. The molecule has 1 aromatic carbocycles. The largest absolute Gasteiger partial charge is 0.381 e. The fourth-order valence-corrected chi connectivity index (χ4v) is 2.98. The Balaban J connectivity index is 1.79. The monoisotopic (exact) mass is 279 g/mol. The van der Waals surface area contributed by atoms with Crippen LogP contribution in [0, 0.1) is 5.82 Å². The summed E-state index contributed by atoms with van der Waals surface area (Å²) in [5.41, 5.74) is 1.07. The van der Waals surface area contributed by atoms with Crippen LogP contribution in [-0.4, -0.2) is 25.8 Å². The molecule has 0 saturated heterocycles.